The summed E-state index contributed by atoms with van der Waals surface area (Å²) in [5, 5.41) is 3.38. The number of nitrogens with zero attached hydrogens (tertiary/aromatic N) is 1. The maximum Gasteiger partial charge on any atom is 0.266 e. The van der Waals surface area contributed by atoms with E-state index in [0.717, 1.165) is 15.8 Å². The van der Waals surface area contributed by atoms with E-state index >= 15 is 0 Å². The van der Waals surface area contributed by atoms with Crippen molar-refractivity contribution in [3.05, 3.63) is 48.0 Å². The van der Waals surface area contributed by atoms with E-state index in [9.17, 15) is 4.79 Å². The number of methoxy groups -OCH3 is 1. The smallest absolute Gasteiger partial charge is 0.266 e. The molecule has 0 spiro atoms. The van der Waals surface area contributed by atoms with Crippen LogP contribution in [0.5, 0.6) is 11.5 Å². The molecule has 0 aliphatic heterocycles. The second-order valence-corrected chi connectivity index (χ2v) is 6.42. The average Bonchev–Trinajstić information content (AvgIpc) is 2.96. The van der Waals surface area contributed by atoms with Gasteiger partial charge in [-0.05, 0) is 43.7 Å². The Kier molecular flexibility index (Phi) is 4.66. The number of aryl methyl sites for hydroxylation is 1. The van der Waals surface area contributed by atoms with Crippen LogP contribution in [-0.4, -0.2) is 24.1 Å². The molecule has 1 heterocycles. The molecule has 0 saturated heterocycles. The van der Waals surface area contributed by atoms with E-state index in [1.54, 1.807) is 26.2 Å². The topological polar surface area (TPSA) is 60.5 Å². The van der Waals surface area contributed by atoms with E-state index in [-0.39, 0.29) is 5.91 Å². The van der Waals surface area contributed by atoms with Crippen molar-refractivity contribution in [2.45, 2.75) is 20.0 Å². The Labute approximate surface area is 144 Å². The van der Waals surface area contributed by atoms with Crippen molar-refractivity contribution in [2.24, 2.45) is 0 Å². The summed E-state index contributed by atoms with van der Waals surface area (Å²) in [5.74, 6) is 0.867. The molecule has 0 saturated carbocycles. The highest BCUT2D eigenvalue weighted by Crippen LogP contribution is 2.28. The SMILES string of the molecule is COc1ccccc1O[C@H](C)C(=O)Nc1nc2ccc(C)cc2s1. The summed E-state index contributed by atoms with van der Waals surface area (Å²) < 4.78 is 12.0. The molecule has 0 aliphatic rings. The Morgan fingerprint density at radius 3 is 2.71 bits per heavy atom. The predicted octanol–water partition coefficient (Wildman–Crippen LogP) is 4.02. The molecule has 5 nitrogen and oxygen atoms in total. The summed E-state index contributed by atoms with van der Waals surface area (Å²) in [6.45, 7) is 3.72. The van der Waals surface area contributed by atoms with Gasteiger partial charge in [0.1, 0.15) is 0 Å². The maximum atomic E-state index is 12.3. The van der Waals surface area contributed by atoms with Crippen molar-refractivity contribution in [3.8, 4) is 11.5 Å². The zero-order chi connectivity index (χ0) is 17.1. The number of rotatable bonds is 5. The number of fused-ring (bicyclic) bond motifs is 1. The summed E-state index contributed by atoms with van der Waals surface area (Å²) in [4.78, 5) is 16.8. The second-order valence-electron chi connectivity index (χ2n) is 5.39. The van der Waals surface area contributed by atoms with Crippen LogP contribution >= 0.6 is 11.3 Å². The van der Waals surface area contributed by atoms with Gasteiger partial charge in [-0.3, -0.25) is 10.1 Å². The second kappa shape index (κ2) is 6.88. The largest absolute Gasteiger partial charge is 0.493 e. The van der Waals surface area contributed by atoms with Crippen LogP contribution in [0.1, 0.15) is 12.5 Å². The summed E-state index contributed by atoms with van der Waals surface area (Å²) in [6.07, 6.45) is -0.671. The fraction of sp³-hybridized carbons (Fsp3) is 0.222. The molecule has 1 N–H and O–H groups in total. The Balaban J connectivity index is 1.71. The van der Waals surface area contributed by atoms with Gasteiger partial charge in [0.05, 0.1) is 17.3 Å². The Bertz CT molecular complexity index is 876. The molecule has 3 aromatic rings. The van der Waals surface area contributed by atoms with Gasteiger partial charge in [-0.1, -0.05) is 29.5 Å². The molecule has 6 heteroatoms. The lowest BCUT2D eigenvalue weighted by molar-refractivity contribution is -0.122. The number of carbonyl (C=O) groups excluding carboxylic acids is 1. The highest BCUT2D eigenvalue weighted by molar-refractivity contribution is 7.22. The fourth-order valence-corrected chi connectivity index (χ4v) is 3.22. The van der Waals surface area contributed by atoms with E-state index < -0.39 is 6.10 Å². The Morgan fingerprint density at radius 2 is 1.96 bits per heavy atom. The van der Waals surface area contributed by atoms with Gasteiger partial charge in [0.25, 0.3) is 5.91 Å². The van der Waals surface area contributed by atoms with E-state index in [1.165, 1.54) is 11.3 Å². The maximum absolute atomic E-state index is 12.3. The lowest BCUT2D eigenvalue weighted by Crippen LogP contribution is -2.30. The van der Waals surface area contributed by atoms with Crippen LogP contribution in [0.3, 0.4) is 0 Å². The molecule has 124 valence electrons. The monoisotopic (exact) mass is 342 g/mol. The number of amides is 1. The van der Waals surface area contributed by atoms with E-state index in [0.29, 0.717) is 16.6 Å². The van der Waals surface area contributed by atoms with E-state index in [4.69, 9.17) is 9.47 Å². The third kappa shape index (κ3) is 3.49. The summed E-state index contributed by atoms with van der Waals surface area (Å²) >= 11 is 1.45. The highest BCUT2D eigenvalue weighted by Gasteiger charge is 2.18. The molecule has 1 atom stereocenters. The normalized spacial score (nSPS) is 12.0. The van der Waals surface area contributed by atoms with Gasteiger partial charge in [-0.2, -0.15) is 0 Å². The Morgan fingerprint density at radius 1 is 1.21 bits per heavy atom. The minimum Gasteiger partial charge on any atom is -0.493 e. The molecule has 24 heavy (non-hydrogen) atoms. The van der Waals surface area contributed by atoms with Gasteiger partial charge in [-0.25, -0.2) is 4.98 Å². The number of benzene rings is 2. The number of nitrogens with one attached hydrogen (secondary N) is 1. The van der Waals surface area contributed by atoms with E-state index in [2.05, 4.69) is 16.4 Å². The lowest BCUT2D eigenvalue weighted by atomic mass is 10.2. The summed E-state index contributed by atoms with van der Waals surface area (Å²) in [7, 11) is 1.57. The van der Waals surface area contributed by atoms with Gasteiger partial charge in [0.2, 0.25) is 0 Å². The van der Waals surface area contributed by atoms with Crippen molar-refractivity contribution < 1.29 is 14.3 Å². The van der Waals surface area contributed by atoms with Crippen molar-refractivity contribution >= 4 is 32.6 Å². The van der Waals surface area contributed by atoms with Crippen LogP contribution in [0, 0.1) is 6.92 Å². The molecule has 1 aromatic heterocycles. The molecule has 0 aliphatic carbocycles. The molecule has 0 bridgehead atoms. The van der Waals surface area contributed by atoms with Crippen molar-refractivity contribution in [2.75, 3.05) is 12.4 Å². The summed E-state index contributed by atoms with van der Waals surface area (Å²) in [5.41, 5.74) is 2.04. The Hall–Kier alpha value is -2.60. The first-order valence-corrected chi connectivity index (χ1v) is 8.36. The van der Waals surface area contributed by atoms with Gasteiger partial charge >= 0.3 is 0 Å². The van der Waals surface area contributed by atoms with Gasteiger partial charge in [0.15, 0.2) is 22.7 Å². The molecule has 0 radical (unpaired) electrons. The number of para-hydroxylation sites is 2. The van der Waals surface area contributed by atoms with Crippen LogP contribution in [-0.2, 0) is 4.79 Å². The zero-order valence-electron chi connectivity index (χ0n) is 13.7. The first kappa shape index (κ1) is 16.3. The number of hydrogen-bond donors (Lipinski definition) is 1. The van der Waals surface area contributed by atoms with E-state index in [1.807, 2.05) is 31.2 Å². The molecule has 2 aromatic carbocycles. The number of thiazole rings is 1. The first-order chi connectivity index (χ1) is 11.6. The minimum absolute atomic E-state index is 0.253. The number of ether oxygens (including phenoxy) is 2. The minimum atomic E-state index is -0.671. The van der Waals surface area contributed by atoms with Crippen molar-refractivity contribution in [1.29, 1.82) is 0 Å². The van der Waals surface area contributed by atoms with Gasteiger partial charge in [-0.15, -0.1) is 0 Å². The van der Waals surface area contributed by atoms with Crippen molar-refractivity contribution in [1.82, 2.24) is 4.98 Å². The van der Waals surface area contributed by atoms with Crippen LogP contribution in [0.25, 0.3) is 10.2 Å². The number of carbonyl (C=O) groups is 1. The first-order valence-electron chi connectivity index (χ1n) is 7.54. The molecule has 3 rings (SSSR count). The zero-order valence-corrected chi connectivity index (χ0v) is 14.5. The molecule has 0 unspecified atom stereocenters. The predicted molar refractivity (Wildman–Crippen MR) is 96.1 cm³/mol. The molecule has 1 amide bonds. The average molecular weight is 342 g/mol. The molecule has 0 fully saturated rings. The van der Waals surface area contributed by atoms with Crippen molar-refractivity contribution in [3.63, 3.8) is 0 Å². The third-order valence-corrected chi connectivity index (χ3v) is 4.45. The summed E-state index contributed by atoms with van der Waals surface area (Å²) in [6, 6.07) is 13.2. The standard InChI is InChI=1S/C18H18N2O3S/c1-11-8-9-13-16(10-11)24-18(19-13)20-17(21)12(2)23-15-7-5-4-6-14(15)22-3/h4-10,12H,1-3H3,(H,19,20,21)/t12-/m1/s1. The van der Waals surface area contributed by atoms with Crippen LogP contribution in [0.15, 0.2) is 42.5 Å². The lowest BCUT2D eigenvalue weighted by Gasteiger charge is -2.15. The number of aromatic nitrogens is 1. The quantitative estimate of drug-likeness (QED) is 0.761. The van der Waals surface area contributed by atoms with Crippen LogP contribution in [0.4, 0.5) is 5.13 Å². The van der Waals surface area contributed by atoms with Gasteiger partial charge < -0.3 is 9.47 Å². The fourth-order valence-electron chi connectivity index (χ4n) is 2.25. The number of anilines is 1. The van der Waals surface area contributed by atoms with Gasteiger partial charge in [0, 0.05) is 0 Å². The molecular formula is C18H18N2O3S. The highest BCUT2D eigenvalue weighted by atomic mass is 32.1. The van der Waals surface area contributed by atoms with Crippen LogP contribution in [0.2, 0.25) is 0 Å². The third-order valence-electron chi connectivity index (χ3n) is 3.52. The van der Waals surface area contributed by atoms with Crippen LogP contribution < -0.4 is 14.8 Å². The number of hydrogen-bond acceptors (Lipinski definition) is 5. The molecular weight excluding hydrogens is 324 g/mol.